The van der Waals surface area contributed by atoms with Crippen LogP contribution in [0.5, 0.6) is 0 Å². The summed E-state index contributed by atoms with van der Waals surface area (Å²) in [6, 6.07) is 16.9. The first-order valence-electron chi connectivity index (χ1n) is 8.02. The summed E-state index contributed by atoms with van der Waals surface area (Å²) in [4.78, 5) is 0.211. The number of unbranched alkanes of at least 4 members (excludes halogenated alkanes) is 1. The van der Waals surface area contributed by atoms with Crippen molar-refractivity contribution < 1.29 is 12.6 Å². The summed E-state index contributed by atoms with van der Waals surface area (Å²) < 4.78 is 29.2. The fourth-order valence-corrected chi connectivity index (χ4v) is 3.92. The molecule has 1 atom stereocenters. The summed E-state index contributed by atoms with van der Waals surface area (Å²) in [5.74, 6) is 0. The van der Waals surface area contributed by atoms with Crippen molar-refractivity contribution in [2.24, 2.45) is 0 Å². The SMILES string of the molecule is Cc1ccc(S(=O)(=O)OCCCCC(C)(Br)c2ccccc2)cc1. The Balaban J connectivity index is 1.79. The molecule has 5 heteroatoms. The van der Waals surface area contributed by atoms with Gasteiger partial charge in [0, 0.05) is 4.32 Å². The van der Waals surface area contributed by atoms with E-state index in [0.717, 1.165) is 18.4 Å². The highest BCUT2D eigenvalue weighted by Crippen LogP contribution is 2.35. The summed E-state index contributed by atoms with van der Waals surface area (Å²) in [6.45, 7) is 4.25. The monoisotopic (exact) mass is 410 g/mol. The van der Waals surface area contributed by atoms with Gasteiger partial charge in [-0.15, -0.1) is 0 Å². The van der Waals surface area contributed by atoms with Crippen molar-refractivity contribution in [2.45, 2.75) is 42.3 Å². The zero-order chi connectivity index (χ0) is 17.6. The molecule has 0 amide bonds. The Morgan fingerprint density at radius 1 is 1.00 bits per heavy atom. The van der Waals surface area contributed by atoms with Gasteiger partial charge in [-0.1, -0.05) is 64.0 Å². The fourth-order valence-electron chi connectivity index (χ4n) is 2.43. The van der Waals surface area contributed by atoms with Crippen LogP contribution >= 0.6 is 15.9 Å². The molecule has 1 unspecified atom stereocenters. The Bertz CT molecular complexity index is 738. The summed E-state index contributed by atoms with van der Waals surface area (Å²) in [5.41, 5.74) is 2.24. The molecule has 0 fully saturated rings. The first-order chi connectivity index (χ1) is 11.3. The average Bonchev–Trinajstić information content (AvgIpc) is 2.55. The van der Waals surface area contributed by atoms with Gasteiger partial charge in [-0.3, -0.25) is 4.18 Å². The number of halogens is 1. The minimum atomic E-state index is -3.66. The van der Waals surface area contributed by atoms with Crippen LogP contribution < -0.4 is 0 Å². The zero-order valence-corrected chi connectivity index (χ0v) is 16.4. The zero-order valence-electron chi connectivity index (χ0n) is 14.0. The second-order valence-corrected chi connectivity index (χ2v) is 9.48. The molecule has 0 aliphatic rings. The van der Waals surface area contributed by atoms with Gasteiger partial charge in [0.15, 0.2) is 0 Å². The Kier molecular flexibility index (Phi) is 6.61. The van der Waals surface area contributed by atoms with Gasteiger partial charge in [0.25, 0.3) is 10.1 Å². The number of aryl methyl sites for hydroxylation is 1. The van der Waals surface area contributed by atoms with Crippen LogP contribution in [0.15, 0.2) is 59.5 Å². The van der Waals surface area contributed by atoms with Crippen LogP contribution in [0.2, 0.25) is 0 Å². The first-order valence-corrected chi connectivity index (χ1v) is 10.2. The average molecular weight is 411 g/mol. The molecule has 2 aromatic carbocycles. The molecule has 130 valence electrons. The van der Waals surface area contributed by atoms with E-state index in [-0.39, 0.29) is 15.8 Å². The van der Waals surface area contributed by atoms with Crippen molar-refractivity contribution in [1.29, 1.82) is 0 Å². The lowest BCUT2D eigenvalue weighted by molar-refractivity contribution is 0.304. The molecule has 0 heterocycles. The predicted octanol–water partition coefficient (Wildman–Crippen LogP) is 5.18. The van der Waals surface area contributed by atoms with Crippen LogP contribution in [-0.2, 0) is 18.6 Å². The minimum Gasteiger partial charge on any atom is -0.266 e. The van der Waals surface area contributed by atoms with Crippen molar-refractivity contribution in [1.82, 2.24) is 0 Å². The van der Waals surface area contributed by atoms with E-state index in [1.54, 1.807) is 24.3 Å². The highest BCUT2D eigenvalue weighted by atomic mass is 79.9. The summed E-state index contributed by atoms with van der Waals surface area (Å²) in [6.07, 6.45) is 2.48. The van der Waals surface area contributed by atoms with Crippen LogP contribution in [0.25, 0.3) is 0 Å². The Morgan fingerprint density at radius 2 is 1.62 bits per heavy atom. The molecule has 0 bridgehead atoms. The lowest BCUT2D eigenvalue weighted by atomic mass is 9.95. The smallest absolute Gasteiger partial charge is 0.266 e. The number of rotatable bonds is 8. The molecule has 0 N–H and O–H groups in total. The maximum absolute atomic E-state index is 12.1. The third-order valence-electron chi connectivity index (χ3n) is 3.96. The van der Waals surface area contributed by atoms with Crippen molar-refractivity contribution >= 4 is 26.0 Å². The van der Waals surface area contributed by atoms with E-state index in [1.807, 2.05) is 25.1 Å². The molecule has 24 heavy (non-hydrogen) atoms. The van der Waals surface area contributed by atoms with E-state index in [0.29, 0.717) is 6.42 Å². The van der Waals surface area contributed by atoms with Crippen LogP contribution in [0.1, 0.15) is 37.3 Å². The quantitative estimate of drug-likeness (QED) is 0.342. The molecular weight excluding hydrogens is 388 g/mol. The van der Waals surface area contributed by atoms with E-state index in [4.69, 9.17) is 4.18 Å². The largest absolute Gasteiger partial charge is 0.296 e. The maximum Gasteiger partial charge on any atom is 0.296 e. The van der Waals surface area contributed by atoms with Crippen LogP contribution in [0.4, 0.5) is 0 Å². The molecule has 0 aromatic heterocycles. The number of hydrogen-bond donors (Lipinski definition) is 0. The number of benzene rings is 2. The Labute approximate surface area is 153 Å². The van der Waals surface area contributed by atoms with E-state index >= 15 is 0 Å². The van der Waals surface area contributed by atoms with Crippen molar-refractivity contribution in [3.63, 3.8) is 0 Å². The summed E-state index contributed by atoms with van der Waals surface area (Å²) in [7, 11) is -3.66. The van der Waals surface area contributed by atoms with Gasteiger partial charge in [0.2, 0.25) is 0 Å². The third kappa shape index (κ3) is 5.43. The minimum absolute atomic E-state index is 0.107. The molecule has 0 spiro atoms. The third-order valence-corrected chi connectivity index (χ3v) is 6.15. The Morgan fingerprint density at radius 3 is 2.25 bits per heavy atom. The number of alkyl halides is 1. The van der Waals surface area contributed by atoms with E-state index < -0.39 is 10.1 Å². The van der Waals surface area contributed by atoms with Crippen molar-refractivity contribution in [2.75, 3.05) is 6.61 Å². The van der Waals surface area contributed by atoms with Crippen LogP contribution in [0.3, 0.4) is 0 Å². The van der Waals surface area contributed by atoms with E-state index in [2.05, 4.69) is 35.0 Å². The van der Waals surface area contributed by atoms with Gasteiger partial charge < -0.3 is 0 Å². The van der Waals surface area contributed by atoms with E-state index in [1.165, 1.54) is 5.56 Å². The fraction of sp³-hybridized carbons (Fsp3) is 0.368. The molecular formula is C19H23BrO3S. The number of hydrogen-bond acceptors (Lipinski definition) is 3. The van der Waals surface area contributed by atoms with Crippen LogP contribution in [0, 0.1) is 6.92 Å². The van der Waals surface area contributed by atoms with Gasteiger partial charge in [0.05, 0.1) is 11.5 Å². The van der Waals surface area contributed by atoms with Gasteiger partial charge in [-0.25, -0.2) is 0 Å². The normalized spacial score (nSPS) is 14.3. The topological polar surface area (TPSA) is 43.4 Å². The second-order valence-electron chi connectivity index (χ2n) is 6.11. The van der Waals surface area contributed by atoms with Crippen molar-refractivity contribution in [3.8, 4) is 0 Å². The lowest BCUT2D eigenvalue weighted by Crippen LogP contribution is -2.13. The standard InChI is InChI=1S/C19H23BrO3S/c1-16-10-12-18(13-11-16)24(21,22)23-15-7-6-14-19(2,20)17-8-4-3-5-9-17/h3-5,8-13H,6-7,14-15H2,1-2H3. The lowest BCUT2D eigenvalue weighted by Gasteiger charge is -2.23. The van der Waals surface area contributed by atoms with Gasteiger partial charge >= 0.3 is 0 Å². The highest BCUT2D eigenvalue weighted by molar-refractivity contribution is 9.09. The molecule has 0 saturated carbocycles. The predicted molar refractivity (Wildman–Crippen MR) is 101 cm³/mol. The van der Waals surface area contributed by atoms with Gasteiger partial charge in [-0.2, -0.15) is 8.42 Å². The molecule has 0 aliphatic heterocycles. The summed E-state index contributed by atoms with van der Waals surface area (Å²) >= 11 is 3.77. The summed E-state index contributed by atoms with van der Waals surface area (Å²) in [5, 5.41) is 0. The Hall–Kier alpha value is -1.17. The first kappa shape index (κ1) is 19.2. The molecule has 0 saturated heterocycles. The van der Waals surface area contributed by atoms with E-state index in [9.17, 15) is 8.42 Å². The molecule has 0 aliphatic carbocycles. The van der Waals surface area contributed by atoms with Crippen LogP contribution in [-0.4, -0.2) is 15.0 Å². The molecule has 0 radical (unpaired) electrons. The molecule has 2 rings (SSSR count). The highest BCUT2D eigenvalue weighted by Gasteiger charge is 2.22. The molecule has 3 nitrogen and oxygen atoms in total. The molecule has 2 aromatic rings. The second kappa shape index (κ2) is 8.28. The van der Waals surface area contributed by atoms with Crippen molar-refractivity contribution in [3.05, 3.63) is 65.7 Å². The maximum atomic E-state index is 12.1. The van der Waals surface area contributed by atoms with Gasteiger partial charge in [-0.05, 0) is 50.8 Å². The van der Waals surface area contributed by atoms with Gasteiger partial charge in [0.1, 0.15) is 0 Å².